The van der Waals surface area contributed by atoms with E-state index in [2.05, 4.69) is 29.9 Å². The largest absolute Gasteiger partial charge is 0.342 e. The fourth-order valence-electron chi connectivity index (χ4n) is 3.54. The van der Waals surface area contributed by atoms with Crippen LogP contribution in [0, 0.1) is 17.8 Å². The van der Waals surface area contributed by atoms with Gasteiger partial charge in [0.1, 0.15) is 0 Å². The van der Waals surface area contributed by atoms with Crippen LogP contribution in [0.15, 0.2) is 0 Å². The lowest BCUT2D eigenvalue weighted by Gasteiger charge is -2.34. The second kappa shape index (κ2) is 7.69. The standard InChI is InChI=1S/C16H30N2OS/c1-13(2)15-5-8-18(9-6-15)16(19)11-17-7-4-14(10-17)12-20-3/h13-15H,4-12H2,1-3H3. The molecule has 1 atom stereocenters. The molecule has 2 fully saturated rings. The molecule has 20 heavy (non-hydrogen) atoms. The molecule has 0 spiro atoms. The minimum absolute atomic E-state index is 0.358. The Hall–Kier alpha value is -0.220. The first-order valence-corrected chi connectivity index (χ1v) is 9.48. The van der Waals surface area contributed by atoms with Gasteiger partial charge in [-0.2, -0.15) is 11.8 Å². The topological polar surface area (TPSA) is 23.6 Å². The van der Waals surface area contributed by atoms with E-state index in [0.717, 1.165) is 43.9 Å². The van der Waals surface area contributed by atoms with Crippen molar-refractivity contribution in [3.8, 4) is 0 Å². The predicted octanol–water partition coefficient (Wildman–Crippen LogP) is 2.57. The van der Waals surface area contributed by atoms with Crippen LogP contribution < -0.4 is 0 Å². The van der Waals surface area contributed by atoms with Gasteiger partial charge < -0.3 is 4.90 Å². The fourth-order valence-corrected chi connectivity index (χ4v) is 4.28. The molecule has 0 aromatic heterocycles. The third-order valence-electron chi connectivity index (χ3n) is 4.97. The number of hydrogen-bond donors (Lipinski definition) is 0. The summed E-state index contributed by atoms with van der Waals surface area (Å²) in [6.07, 6.45) is 5.83. The van der Waals surface area contributed by atoms with Gasteiger partial charge in [0.15, 0.2) is 0 Å². The third kappa shape index (κ3) is 4.39. The number of piperidine rings is 1. The van der Waals surface area contributed by atoms with Crippen molar-refractivity contribution in [1.82, 2.24) is 9.80 Å². The highest BCUT2D eigenvalue weighted by Crippen LogP contribution is 2.25. The van der Waals surface area contributed by atoms with E-state index < -0.39 is 0 Å². The average molecular weight is 298 g/mol. The number of amides is 1. The van der Waals surface area contributed by atoms with Gasteiger partial charge in [0.2, 0.25) is 5.91 Å². The smallest absolute Gasteiger partial charge is 0.236 e. The van der Waals surface area contributed by atoms with Crippen LogP contribution in [0.4, 0.5) is 0 Å². The van der Waals surface area contributed by atoms with E-state index in [9.17, 15) is 4.79 Å². The molecule has 2 saturated heterocycles. The number of carbonyl (C=O) groups is 1. The summed E-state index contributed by atoms with van der Waals surface area (Å²) in [4.78, 5) is 16.8. The van der Waals surface area contributed by atoms with Gasteiger partial charge in [-0.3, -0.25) is 9.69 Å². The van der Waals surface area contributed by atoms with E-state index in [1.165, 1.54) is 25.0 Å². The summed E-state index contributed by atoms with van der Waals surface area (Å²) < 4.78 is 0. The third-order valence-corrected chi connectivity index (χ3v) is 5.77. The number of nitrogens with zero attached hydrogens (tertiary/aromatic N) is 2. The summed E-state index contributed by atoms with van der Waals surface area (Å²) in [5.41, 5.74) is 0. The zero-order valence-electron chi connectivity index (χ0n) is 13.3. The average Bonchev–Trinajstić information content (AvgIpc) is 2.86. The molecule has 116 valence electrons. The van der Waals surface area contributed by atoms with Gasteiger partial charge in [-0.05, 0) is 55.6 Å². The van der Waals surface area contributed by atoms with Gasteiger partial charge >= 0.3 is 0 Å². The van der Waals surface area contributed by atoms with Crippen LogP contribution in [0.5, 0.6) is 0 Å². The number of rotatable bonds is 5. The predicted molar refractivity (Wildman–Crippen MR) is 87.1 cm³/mol. The molecule has 0 N–H and O–H groups in total. The van der Waals surface area contributed by atoms with Crippen LogP contribution in [0.25, 0.3) is 0 Å². The highest BCUT2D eigenvalue weighted by Gasteiger charge is 2.28. The second-order valence-electron chi connectivity index (χ2n) is 6.81. The van der Waals surface area contributed by atoms with Crippen LogP contribution in [0.2, 0.25) is 0 Å². The maximum Gasteiger partial charge on any atom is 0.236 e. The van der Waals surface area contributed by atoms with Crippen LogP contribution in [-0.2, 0) is 4.79 Å². The molecular weight excluding hydrogens is 268 g/mol. The Balaban J connectivity index is 1.71. The molecule has 0 radical (unpaired) electrons. The lowest BCUT2D eigenvalue weighted by atomic mass is 9.87. The Kier molecular flexibility index (Phi) is 6.21. The number of carbonyl (C=O) groups excluding carboxylic acids is 1. The monoisotopic (exact) mass is 298 g/mol. The van der Waals surface area contributed by atoms with Gasteiger partial charge in [0.05, 0.1) is 6.54 Å². The summed E-state index contributed by atoms with van der Waals surface area (Å²) in [6.45, 7) is 9.44. The zero-order valence-corrected chi connectivity index (χ0v) is 14.1. The van der Waals surface area contributed by atoms with Crippen molar-refractivity contribution in [2.45, 2.75) is 33.1 Å². The number of likely N-dealkylation sites (tertiary alicyclic amines) is 2. The van der Waals surface area contributed by atoms with E-state index in [1.54, 1.807) is 0 Å². The Morgan fingerprint density at radius 2 is 1.90 bits per heavy atom. The minimum Gasteiger partial charge on any atom is -0.342 e. The highest BCUT2D eigenvalue weighted by atomic mass is 32.2. The summed E-state index contributed by atoms with van der Waals surface area (Å²) in [6, 6.07) is 0. The molecular formula is C16H30N2OS. The normalized spacial score (nSPS) is 25.6. The first-order valence-electron chi connectivity index (χ1n) is 8.09. The number of thioether (sulfide) groups is 1. The van der Waals surface area contributed by atoms with Crippen molar-refractivity contribution in [3.05, 3.63) is 0 Å². The summed E-state index contributed by atoms with van der Waals surface area (Å²) in [5, 5.41) is 0. The Labute approximate surface area is 128 Å². The van der Waals surface area contributed by atoms with Crippen LogP contribution in [0.1, 0.15) is 33.1 Å². The molecule has 1 amide bonds. The molecule has 2 heterocycles. The molecule has 3 nitrogen and oxygen atoms in total. The lowest BCUT2D eigenvalue weighted by Crippen LogP contribution is -2.44. The Morgan fingerprint density at radius 1 is 1.20 bits per heavy atom. The number of hydrogen-bond acceptors (Lipinski definition) is 3. The van der Waals surface area contributed by atoms with E-state index in [0.29, 0.717) is 12.5 Å². The molecule has 2 aliphatic heterocycles. The molecule has 1 unspecified atom stereocenters. The molecule has 0 aliphatic carbocycles. The van der Waals surface area contributed by atoms with Crippen molar-refractivity contribution < 1.29 is 4.79 Å². The Morgan fingerprint density at radius 3 is 2.50 bits per heavy atom. The second-order valence-corrected chi connectivity index (χ2v) is 7.72. The highest BCUT2D eigenvalue weighted by molar-refractivity contribution is 7.98. The van der Waals surface area contributed by atoms with E-state index in [-0.39, 0.29) is 0 Å². The van der Waals surface area contributed by atoms with Crippen molar-refractivity contribution in [3.63, 3.8) is 0 Å². The van der Waals surface area contributed by atoms with Crippen molar-refractivity contribution in [1.29, 1.82) is 0 Å². The van der Waals surface area contributed by atoms with Crippen LogP contribution >= 0.6 is 11.8 Å². The first-order chi connectivity index (χ1) is 9.60. The van der Waals surface area contributed by atoms with Crippen molar-refractivity contribution in [2.24, 2.45) is 17.8 Å². The van der Waals surface area contributed by atoms with Gasteiger partial charge in [-0.15, -0.1) is 0 Å². The van der Waals surface area contributed by atoms with Gasteiger partial charge in [0, 0.05) is 19.6 Å². The van der Waals surface area contributed by atoms with E-state index in [4.69, 9.17) is 0 Å². The van der Waals surface area contributed by atoms with Crippen molar-refractivity contribution in [2.75, 3.05) is 44.7 Å². The van der Waals surface area contributed by atoms with Gasteiger partial charge in [-0.25, -0.2) is 0 Å². The summed E-state index contributed by atoms with van der Waals surface area (Å²) >= 11 is 1.93. The molecule has 2 aliphatic rings. The lowest BCUT2D eigenvalue weighted by molar-refractivity contribution is -0.133. The summed E-state index contributed by atoms with van der Waals surface area (Å²) in [5.74, 6) is 3.97. The van der Waals surface area contributed by atoms with Gasteiger partial charge in [0.25, 0.3) is 0 Å². The molecule has 0 bridgehead atoms. The Bertz CT molecular complexity index is 314. The molecule has 4 heteroatoms. The molecule has 2 rings (SSSR count). The summed E-state index contributed by atoms with van der Waals surface area (Å²) in [7, 11) is 0. The molecule has 0 aromatic carbocycles. The molecule has 0 aromatic rings. The maximum absolute atomic E-state index is 12.4. The van der Waals surface area contributed by atoms with Gasteiger partial charge in [-0.1, -0.05) is 13.8 Å². The fraction of sp³-hybridized carbons (Fsp3) is 0.938. The van der Waals surface area contributed by atoms with Crippen LogP contribution in [-0.4, -0.2) is 60.4 Å². The SMILES string of the molecule is CSCC1CCN(CC(=O)N2CCC(C(C)C)CC2)C1. The first kappa shape index (κ1) is 16.2. The van der Waals surface area contributed by atoms with E-state index >= 15 is 0 Å². The quantitative estimate of drug-likeness (QED) is 0.779. The maximum atomic E-state index is 12.4. The molecule has 0 saturated carbocycles. The minimum atomic E-state index is 0.358. The van der Waals surface area contributed by atoms with E-state index in [1.807, 2.05) is 11.8 Å². The van der Waals surface area contributed by atoms with Crippen LogP contribution in [0.3, 0.4) is 0 Å². The van der Waals surface area contributed by atoms with Crippen molar-refractivity contribution >= 4 is 17.7 Å². The zero-order chi connectivity index (χ0) is 14.5.